The molecule has 0 bridgehead atoms. The van der Waals surface area contributed by atoms with Crippen molar-refractivity contribution in [2.45, 2.75) is 6.54 Å². The molecule has 2 aromatic heterocycles. The summed E-state index contributed by atoms with van der Waals surface area (Å²) in [6, 6.07) is 11.9. The number of benzene rings is 1. The van der Waals surface area contributed by atoms with E-state index < -0.39 is 17.7 Å². The molecule has 0 radical (unpaired) electrons. The summed E-state index contributed by atoms with van der Waals surface area (Å²) in [5.74, 6) is -0.680. The summed E-state index contributed by atoms with van der Waals surface area (Å²) >= 11 is 0. The van der Waals surface area contributed by atoms with Gasteiger partial charge in [0.1, 0.15) is 6.54 Å². The van der Waals surface area contributed by atoms with Gasteiger partial charge in [-0.25, -0.2) is 9.67 Å². The molecule has 1 aliphatic heterocycles. The summed E-state index contributed by atoms with van der Waals surface area (Å²) < 4.78 is 1.62. The van der Waals surface area contributed by atoms with Gasteiger partial charge in [0, 0.05) is 25.1 Å². The van der Waals surface area contributed by atoms with Crippen LogP contribution in [0.2, 0.25) is 0 Å². The first kappa shape index (κ1) is 16.6. The van der Waals surface area contributed by atoms with Gasteiger partial charge in [0.25, 0.3) is 11.8 Å². The van der Waals surface area contributed by atoms with Crippen LogP contribution >= 0.6 is 0 Å². The van der Waals surface area contributed by atoms with E-state index in [0.29, 0.717) is 16.9 Å². The maximum absolute atomic E-state index is 12.3. The topological polar surface area (TPSA) is 97.2 Å². The van der Waals surface area contributed by atoms with Crippen molar-refractivity contribution in [2.24, 2.45) is 0 Å². The van der Waals surface area contributed by atoms with Crippen LogP contribution in [0.5, 0.6) is 0 Å². The number of rotatable bonds is 5. The molecule has 1 aliphatic rings. The molecule has 3 heterocycles. The van der Waals surface area contributed by atoms with E-state index in [1.807, 2.05) is 0 Å². The number of pyridine rings is 1. The first-order valence-electron chi connectivity index (χ1n) is 8.30. The van der Waals surface area contributed by atoms with E-state index >= 15 is 0 Å². The van der Waals surface area contributed by atoms with Crippen molar-refractivity contribution in [3.05, 3.63) is 77.7 Å². The van der Waals surface area contributed by atoms with Crippen LogP contribution in [-0.4, -0.2) is 43.9 Å². The fourth-order valence-electron chi connectivity index (χ4n) is 2.88. The number of hydrogen-bond donors (Lipinski definition) is 1. The Hall–Kier alpha value is -3.81. The van der Waals surface area contributed by atoms with Crippen LogP contribution in [0.4, 0.5) is 0 Å². The quantitative estimate of drug-likeness (QED) is 0.688. The number of nitrogens with one attached hydrogen (secondary N) is 1. The minimum Gasteiger partial charge on any atom is -0.350 e. The first-order valence-corrected chi connectivity index (χ1v) is 8.30. The van der Waals surface area contributed by atoms with Gasteiger partial charge in [0.05, 0.1) is 11.1 Å². The van der Waals surface area contributed by atoms with Crippen LogP contribution < -0.4 is 5.32 Å². The lowest BCUT2D eigenvalue weighted by Gasteiger charge is -2.13. The molecule has 3 aromatic rings. The Balaban J connectivity index is 1.39. The average Bonchev–Trinajstić information content (AvgIpc) is 3.31. The second kappa shape index (κ2) is 6.83. The molecule has 1 N–H and O–H groups in total. The third-order valence-corrected chi connectivity index (χ3v) is 4.22. The van der Waals surface area contributed by atoms with Crippen LogP contribution in [0, 0.1) is 0 Å². The van der Waals surface area contributed by atoms with Gasteiger partial charge in [0.15, 0.2) is 5.82 Å². The van der Waals surface area contributed by atoms with Crippen molar-refractivity contribution in [1.82, 2.24) is 25.0 Å². The van der Waals surface area contributed by atoms with Crippen molar-refractivity contribution in [1.29, 1.82) is 0 Å². The number of nitrogens with zero attached hydrogens (tertiary/aromatic N) is 4. The lowest BCUT2D eigenvalue weighted by Crippen LogP contribution is -2.40. The Bertz CT molecular complexity index is 994. The van der Waals surface area contributed by atoms with E-state index in [1.54, 1.807) is 65.7 Å². The van der Waals surface area contributed by atoms with E-state index in [-0.39, 0.29) is 13.1 Å². The van der Waals surface area contributed by atoms with E-state index in [9.17, 15) is 14.4 Å². The Morgan fingerprint density at radius 3 is 2.41 bits per heavy atom. The standard InChI is InChI=1S/C19H15N5O3/c25-17(12-23-18(26)14-4-1-2-5-15(14)19(23)27)21-11-13-6-8-20-16(10-13)24-9-3-7-22-24/h1-10H,11-12H2,(H,21,25). The predicted octanol–water partition coefficient (Wildman–Crippen LogP) is 1.18. The third-order valence-electron chi connectivity index (χ3n) is 4.22. The maximum atomic E-state index is 12.3. The highest BCUT2D eigenvalue weighted by Crippen LogP contribution is 2.21. The molecule has 3 amide bonds. The Morgan fingerprint density at radius 1 is 1.00 bits per heavy atom. The number of fused-ring (bicyclic) bond motifs is 1. The first-order chi connectivity index (χ1) is 13.1. The van der Waals surface area contributed by atoms with E-state index in [4.69, 9.17) is 0 Å². The molecule has 0 fully saturated rings. The lowest BCUT2D eigenvalue weighted by atomic mass is 10.1. The van der Waals surface area contributed by atoms with E-state index in [2.05, 4.69) is 15.4 Å². The maximum Gasteiger partial charge on any atom is 0.262 e. The summed E-state index contributed by atoms with van der Waals surface area (Å²) in [5.41, 5.74) is 1.48. The molecule has 0 spiro atoms. The number of amides is 3. The number of hydrogen-bond acceptors (Lipinski definition) is 5. The van der Waals surface area contributed by atoms with Crippen LogP contribution in [0.1, 0.15) is 26.3 Å². The van der Waals surface area contributed by atoms with E-state index in [0.717, 1.165) is 10.5 Å². The molecule has 8 heteroatoms. The molecule has 0 aliphatic carbocycles. The Labute approximate surface area is 154 Å². The van der Waals surface area contributed by atoms with Gasteiger partial charge in [-0.1, -0.05) is 12.1 Å². The SMILES string of the molecule is O=C(CN1C(=O)c2ccccc2C1=O)NCc1ccnc(-n2cccn2)c1. The predicted molar refractivity (Wildman–Crippen MR) is 95.0 cm³/mol. The molecule has 8 nitrogen and oxygen atoms in total. The summed E-state index contributed by atoms with van der Waals surface area (Å²) in [7, 11) is 0. The highest BCUT2D eigenvalue weighted by Gasteiger charge is 2.36. The highest BCUT2D eigenvalue weighted by atomic mass is 16.2. The van der Waals surface area contributed by atoms with Crippen molar-refractivity contribution in [3.63, 3.8) is 0 Å². The summed E-state index contributed by atoms with van der Waals surface area (Å²) in [5, 5.41) is 6.84. The normalized spacial score (nSPS) is 13.0. The Kier molecular flexibility index (Phi) is 4.21. The molecule has 0 unspecified atom stereocenters. The fraction of sp³-hybridized carbons (Fsp3) is 0.105. The summed E-state index contributed by atoms with van der Waals surface area (Å²) in [4.78, 5) is 42.0. The molecule has 4 rings (SSSR count). The second-order valence-corrected chi connectivity index (χ2v) is 5.99. The van der Waals surface area contributed by atoms with Gasteiger partial charge >= 0.3 is 0 Å². The molecule has 0 saturated carbocycles. The van der Waals surface area contributed by atoms with Crippen molar-refractivity contribution >= 4 is 17.7 Å². The summed E-state index contributed by atoms with van der Waals surface area (Å²) in [6.45, 7) is -0.0672. The fourth-order valence-corrected chi connectivity index (χ4v) is 2.88. The minimum atomic E-state index is -0.448. The van der Waals surface area contributed by atoms with E-state index in [1.165, 1.54) is 0 Å². The molecule has 0 atom stereocenters. The van der Waals surface area contributed by atoms with Gasteiger partial charge in [-0.2, -0.15) is 5.10 Å². The molecule has 0 saturated heterocycles. The minimum absolute atomic E-state index is 0.249. The number of carbonyl (C=O) groups excluding carboxylic acids is 3. The number of aromatic nitrogens is 3. The average molecular weight is 361 g/mol. The molecular weight excluding hydrogens is 346 g/mol. The molecule has 27 heavy (non-hydrogen) atoms. The van der Waals surface area contributed by atoms with Crippen molar-refractivity contribution in [2.75, 3.05) is 6.54 Å². The monoisotopic (exact) mass is 361 g/mol. The van der Waals surface area contributed by atoms with Gasteiger partial charge in [0.2, 0.25) is 5.91 Å². The largest absolute Gasteiger partial charge is 0.350 e. The third kappa shape index (κ3) is 3.20. The van der Waals surface area contributed by atoms with Gasteiger partial charge < -0.3 is 5.32 Å². The highest BCUT2D eigenvalue weighted by molar-refractivity contribution is 6.22. The second-order valence-electron chi connectivity index (χ2n) is 5.99. The molecule has 1 aromatic carbocycles. The van der Waals surface area contributed by atoms with Crippen LogP contribution in [0.15, 0.2) is 61.1 Å². The summed E-state index contributed by atoms with van der Waals surface area (Å²) in [6.07, 6.45) is 5.05. The van der Waals surface area contributed by atoms with Gasteiger partial charge in [-0.15, -0.1) is 0 Å². The van der Waals surface area contributed by atoms with Crippen molar-refractivity contribution < 1.29 is 14.4 Å². The molecular formula is C19H15N5O3. The zero-order chi connectivity index (χ0) is 18.8. The van der Waals surface area contributed by atoms with Crippen molar-refractivity contribution in [3.8, 4) is 5.82 Å². The van der Waals surface area contributed by atoms with Crippen LogP contribution in [-0.2, 0) is 11.3 Å². The Morgan fingerprint density at radius 2 is 1.74 bits per heavy atom. The van der Waals surface area contributed by atoms with Gasteiger partial charge in [-0.05, 0) is 35.9 Å². The zero-order valence-electron chi connectivity index (χ0n) is 14.2. The van der Waals surface area contributed by atoms with Crippen LogP contribution in [0.3, 0.4) is 0 Å². The lowest BCUT2D eigenvalue weighted by molar-refractivity contribution is -0.121. The van der Waals surface area contributed by atoms with Gasteiger partial charge in [-0.3, -0.25) is 19.3 Å². The smallest absolute Gasteiger partial charge is 0.262 e. The van der Waals surface area contributed by atoms with Crippen LogP contribution in [0.25, 0.3) is 5.82 Å². The zero-order valence-corrected chi connectivity index (χ0v) is 14.2. The molecule has 134 valence electrons. The number of carbonyl (C=O) groups is 3. The number of imide groups is 1.